The molecule has 8 heteroatoms. The van der Waals surface area contributed by atoms with Gasteiger partial charge in [-0.1, -0.05) is 37.1 Å². The molecule has 0 spiro atoms. The molecule has 4 rings (SSSR count). The molecular formula is C27H22N2O4S2. The topological polar surface area (TPSA) is 77.4 Å². The molecule has 6 nitrogen and oxygen atoms in total. The largest absolute Gasteiger partial charge is 0.455 e. The van der Waals surface area contributed by atoms with Gasteiger partial charge in [-0.15, -0.1) is 17.8 Å². The van der Waals surface area contributed by atoms with E-state index in [4.69, 9.17) is 11.2 Å². The molecular weight excluding hydrogens is 480 g/mol. The molecule has 0 unspecified atom stereocenters. The number of terminal acetylenes is 1. The van der Waals surface area contributed by atoms with Crippen molar-refractivity contribution in [3.8, 4) is 29.5 Å². The van der Waals surface area contributed by atoms with Gasteiger partial charge in [0.25, 0.3) is 0 Å². The van der Waals surface area contributed by atoms with Crippen LogP contribution in [0.15, 0.2) is 53.5 Å². The molecule has 0 aliphatic heterocycles. The number of thiophene rings is 1. The first-order valence-corrected chi connectivity index (χ1v) is 12.6. The molecule has 2 aromatic carbocycles. The van der Waals surface area contributed by atoms with Crippen LogP contribution in [-0.4, -0.2) is 22.4 Å². The summed E-state index contributed by atoms with van der Waals surface area (Å²) in [6, 6.07) is 13.1. The van der Waals surface area contributed by atoms with Crippen LogP contribution in [0.25, 0.3) is 15.9 Å². The number of para-hydroxylation sites is 1. The number of ketones is 1. The van der Waals surface area contributed by atoms with Gasteiger partial charge < -0.3 is 14.0 Å². The fraction of sp³-hybridized carbons (Fsp3) is 0.148. The second-order valence-electron chi connectivity index (χ2n) is 7.74. The first-order chi connectivity index (χ1) is 16.9. The number of ether oxygens (including phenoxy) is 1. The Morgan fingerprint density at radius 2 is 1.97 bits per heavy atom. The van der Waals surface area contributed by atoms with Crippen LogP contribution in [-0.2, 0) is 0 Å². The highest BCUT2D eigenvalue weighted by Gasteiger charge is 2.20. The second-order valence-corrected chi connectivity index (χ2v) is 9.89. The zero-order chi connectivity index (χ0) is 25.1. The van der Waals surface area contributed by atoms with E-state index in [9.17, 15) is 14.4 Å². The normalized spacial score (nSPS) is 10.7. The number of benzene rings is 2. The lowest BCUT2D eigenvalue weighted by Gasteiger charge is -2.19. The van der Waals surface area contributed by atoms with Gasteiger partial charge in [-0.3, -0.25) is 14.4 Å². The monoisotopic (exact) mass is 502 g/mol. The Morgan fingerprint density at radius 3 is 2.63 bits per heavy atom. The summed E-state index contributed by atoms with van der Waals surface area (Å²) in [5.74, 6) is 3.39. The molecule has 0 aliphatic carbocycles. The summed E-state index contributed by atoms with van der Waals surface area (Å²) in [5, 5.41) is 0. The molecule has 0 amide bonds. The number of pyridine rings is 1. The van der Waals surface area contributed by atoms with E-state index >= 15 is 0 Å². The van der Waals surface area contributed by atoms with Crippen LogP contribution < -0.4 is 14.9 Å². The Kier molecular flexibility index (Phi) is 7.10. The van der Waals surface area contributed by atoms with E-state index in [0.717, 1.165) is 33.9 Å². The summed E-state index contributed by atoms with van der Waals surface area (Å²) >= 11 is 2.56. The van der Waals surface area contributed by atoms with Crippen LogP contribution in [0.2, 0.25) is 0 Å². The van der Waals surface area contributed by atoms with Crippen LogP contribution in [0.3, 0.4) is 0 Å². The Bertz CT molecular complexity index is 1540. The van der Waals surface area contributed by atoms with Crippen molar-refractivity contribution in [2.75, 3.05) is 10.5 Å². The van der Waals surface area contributed by atoms with Gasteiger partial charge >= 0.3 is 0 Å². The number of carbonyl (C=O) groups excluding carboxylic acids is 2. The maximum Gasteiger partial charge on any atom is 0.241 e. The molecule has 1 N–H and O–H groups in total. The summed E-state index contributed by atoms with van der Waals surface area (Å²) < 4.78 is 11.6. The van der Waals surface area contributed by atoms with Gasteiger partial charge in [0.05, 0.1) is 21.6 Å². The van der Waals surface area contributed by atoms with E-state index in [1.807, 2.05) is 63.1 Å². The third kappa shape index (κ3) is 4.74. The molecule has 0 fully saturated rings. The molecule has 0 aliphatic rings. The average Bonchev–Trinajstić information content (AvgIpc) is 3.31. The first-order valence-electron chi connectivity index (χ1n) is 10.8. The number of aryl methyl sites for hydroxylation is 2. The van der Waals surface area contributed by atoms with E-state index in [1.54, 1.807) is 10.6 Å². The lowest BCUT2D eigenvalue weighted by Crippen LogP contribution is -2.17. The lowest BCUT2D eigenvalue weighted by molar-refractivity contribution is 0.105. The predicted molar refractivity (Wildman–Crippen MR) is 144 cm³/mol. The standard InChI is InChI=1S/C27H22N2O4S2/c1-5-23(31)20-14-29(22-13-19(15-30)35-27(22)25(20)32)21-12-18(28-34-6-2)10-11-24(21)33-26-16(3)8-7-9-17(26)4/h1,7-15,28H,6H2,2-4H3. The second kappa shape index (κ2) is 10.2. The van der Waals surface area contributed by atoms with Crippen molar-refractivity contribution >= 4 is 51.3 Å². The van der Waals surface area contributed by atoms with Gasteiger partial charge in [-0.05, 0) is 55.2 Å². The van der Waals surface area contributed by atoms with Gasteiger partial charge in [0.1, 0.15) is 10.4 Å². The van der Waals surface area contributed by atoms with Crippen molar-refractivity contribution in [3.63, 3.8) is 0 Å². The van der Waals surface area contributed by atoms with E-state index in [2.05, 4.69) is 4.72 Å². The summed E-state index contributed by atoms with van der Waals surface area (Å²) in [6.45, 7) is 5.96. The Morgan fingerprint density at radius 1 is 1.23 bits per heavy atom. The molecule has 0 radical (unpaired) electrons. The zero-order valence-electron chi connectivity index (χ0n) is 19.4. The van der Waals surface area contributed by atoms with Gasteiger partial charge in [0.15, 0.2) is 12.0 Å². The molecule has 0 atom stereocenters. The fourth-order valence-corrected chi connectivity index (χ4v) is 5.06. The zero-order valence-corrected chi connectivity index (χ0v) is 21.0. The molecule has 2 aromatic heterocycles. The molecule has 2 heterocycles. The van der Waals surface area contributed by atoms with E-state index in [0.29, 0.717) is 33.9 Å². The molecule has 0 saturated heterocycles. The number of fused-ring (bicyclic) bond motifs is 1. The lowest BCUT2D eigenvalue weighted by atomic mass is 10.1. The van der Waals surface area contributed by atoms with E-state index in [1.165, 1.54) is 18.1 Å². The number of anilines is 1. The van der Waals surface area contributed by atoms with Gasteiger partial charge in [0.2, 0.25) is 11.2 Å². The Hall–Kier alpha value is -3.80. The maximum atomic E-state index is 13.0. The minimum absolute atomic E-state index is 0.140. The third-order valence-corrected chi connectivity index (χ3v) is 7.08. The van der Waals surface area contributed by atoms with Crippen molar-refractivity contribution in [1.29, 1.82) is 0 Å². The average molecular weight is 503 g/mol. The number of hydrogen-bond acceptors (Lipinski definition) is 7. The number of hydrogen-bond donors (Lipinski definition) is 1. The quantitative estimate of drug-likeness (QED) is 0.102. The molecule has 0 saturated carbocycles. The highest BCUT2D eigenvalue weighted by atomic mass is 32.2. The van der Waals surface area contributed by atoms with Gasteiger partial charge in [0, 0.05) is 17.6 Å². The van der Waals surface area contributed by atoms with Gasteiger partial charge in [-0.25, -0.2) is 0 Å². The third-order valence-electron chi connectivity index (χ3n) is 5.37. The number of rotatable bonds is 8. The smallest absolute Gasteiger partial charge is 0.241 e. The SMILES string of the molecule is C#CC(=O)c1cn(-c2cc(NSCC)ccc2Oc2c(C)cccc2C)c2cc(C=O)sc2c1=O. The fourth-order valence-electron chi connectivity index (χ4n) is 3.70. The Balaban J connectivity index is 2.02. The summed E-state index contributed by atoms with van der Waals surface area (Å²) in [4.78, 5) is 37.4. The molecule has 35 heavy (non-hydrogen) atoms. The minimum atomic E-state index is -0.722. The Labute approximate surface area is 211 Å². The molecule has 176 valence electrons. The number of nitrogens with one attached hydrogen (secondary N) is 1. The molecule has 0 bridgehead atoms. The summed E-state index contributed by atoms with van der Waals surface area (Å²) in [7, 11) is 0. The summed E-state index contributed by atoms with van der Waals surface area (Å²) in [5.41, 5.74) is 3.17. The van der Waals surface area contributed by atoms with Crippen LogP contribution in [0.5, 0.6) is 11.5 Å². The number of aldehydes is 1. The van der Waals surface area contributed by atoms with Crippen molar-refractivity contribution in [2.24, 2.45) is 0 Å². The number of Topliss-reactive ketones (excluding diaryl/α,β-unsaturated/α-hetero) is 1. The van der Waals surface area contributed by atoms with Crippen molar-refractivity contribution < 1.29 is 14.3 Å². The van der Waals surface area contributed by atoms with Crippen LogP contribution in [0, 0.1) is 26.2 Å². The van der Waals surface area contributed by atoms with Crippen LogP contribution >= 0.6 is 23.3 Å². The van der Waals surface area contributed by atoms with E-state index < -0.39 is 11.2 Å². The predicted octanol–water partition coefficient (Wildman–Crippen LogP) is 6.17. The van der Waals surface area contributed by atoms with Crippen molar-refractivity contribution in [3.05, 3.63) is 80.5 Å². The molecule has 4 aromatic rings. The number of aromatic nitrogens is 1. The highest BCUT2D eigenvalue weighted by molar-refractivity contribution is 8.00. The summed E-state index contributed by atoms with van der Waals surface area (Å²) in [6.07, 6.45) is 7.45. The van der Waals surface area contributed by atoms with Gasteiger partial charge in [-0.2, -0.15) is 0 Å². The number of nitrogens with zero attached hydrogens (tertiary/aromatic N) is 1. The number of carbonyl (C=O) groups is 2. The van der Waals surface area contributed by atoms with E-state index in [-0.39, 0.29) is 10.3 Å². The maximum absolute atomic E-state index is 13.0. The minimum Gasteiger partial charge on any atom is -0.455 e. The highest BCUT2D eigenvalue weighted by Crippen LogP contribution is 2.36. The van der Waals surface area contributed by atoms with Crippen molar-refractivity contribution in [1.82, 2.24) is 4.57 Å². The van der Waals surface area contributed by atoms with Crippen LogP contribution in [0.4, 0.5) is 5.69 Å². The van der Waals surface area contributed by atoms with Crippen molar-refractivity contribution in [2.45, 2.75) is 20.8 Å². The first kappa shape index (κ1) is 24.3. The van der Waals surface area contributed by atoms with Crippen LogP contribution in [0.1, 0.15) is 38.1 Å².